The molecule has 1 aromatic heterocycles. The maximum atomic E-state index is 5.52. The molecule has 0 radical (unpaired) electrons. The second-order valence-electron chi connectivity index (χ2n) is 3.87. The molecule has 2 heterocycles. The fourth-order valence-corrected chi connectivity index (χ4v) is 2.24. The van der Waals surface area contributed by atoms with Crippen LogP contribution in [0.5, 0.6) is 0 Å². The lowest BCUT2D eigenvalue weighted by atomic mass is 9.93. The minimum atomic E-state index is 0.262. The van der Waals surface area contributed by atoms with Crippen molar-refractivity contribution in [3.8, 4) is 0 Å². The highest BCUT2D eigenvalue weighted by Gasteiger charge is 2.34. The molecule has 1 atom stereocenters. The Morgan fingerprint density at radius 1 is 1.38 bits per heavy atom. The lowest BCUT2D eigenvalue weighted by Crippen LogP contribution is -2.32. The molecular formula is C11H17NO. The summed E-state index contributed by atoms with van der Waals surface area (Å²) in [6.07, 6.45) is 7.92. The first-order chi connectivity index (χ1) is 6.37. The molecule has 13 heavy (non-hydrogen) atoms. The summed E-state index contributed by atoms with van der Waals surface area (Å²) in [6, 6.07) is 4.19. The fraction of sp³-hybridized carbons (Fsp3) is 0.636. The van der Waals surface area contributed by atoms with Gasteiger partial charge in [0.15, 0.2) is 0 Å². The number of nitrogens with zero attached hydrogens (tertiary/aromatic N) is 1. The summed E-state index contributed by atoms with van der Waals surface area (Å²) in [6.45, 7) is 4.04. The van der Waals surface area contributed by atoms with Crippen LogP contribution in [0.15, 0.2) is 24.5 Å². The van der Waals surface area contributed by atoms with Crippen LogP contribution in [0.1, 0.15) is 26.2 Å². The summed E-state index contributed by atoms with van der Waals surface area (Å²) in [7, 11) is 0. The van der Waals surface area contributed by atoms with Crippen molar-refractivity contribution in [3.63, 3.8) is 0 Å². The van der Waals surface area contributed by atoms with Crippen LogP contribution in [0.4, 0.5) is 0 Å². The van der Waals surface area contributed by atoms with Crippen LogP contribution in [0, 0.1) is 0 Å². The highest BCUT2D eigenvalue weighted by atomic mass is 16.5. The van der Waals surface area contributed by atoms with Crippen molar-refractivity contribution in [2.75, 3.05) is 13.2 Å². The van der Waals surface area contributed by atoms with E-state index in [-0.39, 0.29) is 5.54 Å². The molecule has 1 aliphatic heterocycles. The van der Waals surface area contributed by atoms with E-state index in [9.17, 15) is 0 Å². The molecule has 0 aliphatic carbocycles. The molecular weight excluding hydrogens is 162 g/mol. The predicted molar refractivity (Wildman–Crippen MR) is 52.8 cm³/mol. The summed E-state index contributed by atoms with van der Waals surface area (Å²) in [5.41, 5.74) is 0.262. The summed E-state index contributed by atoms with van der Waals surface area (Å²) in [5, 5.41) is 0. The first-order valence-corrected chi connectivity index (χ1v) is 5.09. The quantitative estimate of drug-likeness (QED) is 0.695. The molecule has 0 saturated carbocycles. The summed E-state index contributed by atoms with van der Waals surface area (Å²) in [5.74, 6) is 0. The molecule has 72 valence electrons. The van der Waals surface area contributed by atoms with Crippen molar-refractivity contribution in [1.82, 2.24) is 4.57 Å². The Morgan fingerprint density at radius 3 is 2.69 bits per heavy atom. The van der Waals surface area contributed by atoms with Crippen LogP contribution in [0.3, 0.4) is 0 Å². The Balaban J connectivity index is 2.22. The van der Waals surface area contributed by atoms with Crippen LogP contribution in [-0.2, 0) is 10.3 Å². The van der Waals surface area contributed by atoms with Crippen LogP contribution in [0.25, 0.3) is 0 Å². The molecule has 1 aromatic rings. The normalized spacial score (nSPS) is 28.1. The van der Waals surface area contributed by atoms with Gasteiger partial charge in [0.25, 0.3) is 0 Å². The minimum absolute atomic E-state index is 0.262. The smallest absolute Gasteiger partial charge is 0.0702 e. The van der Waals surface area contributed by atoms with E-state index in [2.05, 4.69) is 36.0 Å². The summed E-state index contributed by atoms with van der Waals surface area (Å²) < 4.78 is 7.84. The van der Waals surface area contributed by atoms with E-state index in [1.807, 2.05) is 0 Å². The largest absolute Gasteiger partial charge is 0.379 e. The summed E-state index contributed by atoms with van der Waals surface area (Å²) in [4.78, 5) is 0. The van der Waals surface area contributed by atoms with Gasteiger partial charge in [-0.1, -0.05) is 13.3 Å². The molecule has 1 saturated heterocycles. The van der Waals surface area contributed by atoms with Gasteiger partial charge in [-0.25, -0.2) is 0 Å². The molecule has 2 nitrogen and oxygen atoms in total. The Morgan fingerprint density at radius 2 is 2.15 bits per heavy atom. The zero-order valence-corrected chi connectivity index (χ0v) is 8.20. The molecule has 2 heteroatoms. The predicted octanol–water partition coefficient (Wildman–Crippen LogP) is 2.40. The van der Waals surface area contributed by atoms with Gasteiger partial charge in [0.1, 0.15) is 0 Å². The van der Waals surface area contributed by atoms with Gasteiger partial charge in [-0.05, 0) is 25.0 Å². The van der Waals surface area contributed by atoms with Crippen LogP contribution < -0.4 is 0 Å². The van der Waals surface area contributed by atoms with E-state index in [0.29, 0.717) is 0 Å². The first kappa shape index (κ1) is 8.82. The number of rotatable bonds is 3. The molecule has 1 fully saturated rings. The number of aromatic nitrogens is 1. The van der Waals surface area contributed by atoms with E-state index >= 15 is 0 Å². The second kappa shape index (κ2) is 3.54. The van der Waals surface area contributed by atoms with Crippen LogP contribution in [0.2, 0.25) is 0 Å². The number of hydrogen-bond donors (Lipinski definition) is 0. The third-order valence-corrected chi connectivity index (χ3v) is 2.95. The SMILES string of the molecule is CCCC1(n2cccc2)CCOC1. The van der Waals surface area contributed by atoms with Crippen molar-refractivity contribution in [2.45, 2.75) is 31.7 Å². The first-order valence-electron chi connectivity index (χ1n) is 5.09. The van der Waals surface area contributed by atoms with Gasteiger partial charge in [0.05, 0.1) is 12.1 Å². The highest BCUT2D eigenvalue weighted by molar-refractivity contribution is 5.00. The molecule has 0 aromatic carbocycles. The van der Waals surface area contributed by atoms with Crippen molar-refractivity contribution in [2.24, 2.45) is 0 Å². The Labute approximate surface area is 79.5 Å². The van der Waals surface area contributed by atoms with Crippen molar-refractivity contribution in [3.05, 3.63) is 24.5 Å². The number of ether oxygens (including phenoxy) is 1. The second-order valence-corrected chi connectivity index (χ2v) is 3.87. The molecule has 0 amide bonds. The third kappa shape index (κ3) is 1.51. The van der Waals surface area contributed by atoms with Crippen LogP contribution in [-0.4, -0.2) is 17.8 Å². The van der Waals surface area contributed by atoms with E-state index in [0.717, 1.165) is 19.6 Å². The number of hydrogen-bond acceptors (Lipinski definition) is 1. The highest BCUT2D eigenvalue weighted by Crippen LogP contribution is 2.32. The Kier molecular flexibility index (Phi) is 2.40. The molecule has 0 spiro atoms. The van der Waals surface area contributed by atoms with E-state index in [4.69, 9.17) is 4.74 Å². The molecule has 0 N–H and O–H groups in total. The average Bonchev–Trinajstić information content (AvgIpc) is 2.73. The van der Waals surface area contributed by atoms with Gasteiger partial charge in [0.2, 0.25) is 0 Å². The van der Waals surface area contributed by atoms with Gasteiger partial charge in [-0.2, -0.15) is 0 Å². The van der Waals surface area contributed by atoms with Crippen molar-refractivity contribution >= 4 is 0 Å². The molecule has 0 bridgehead atoms. The van der Waals surface area contributed by atoms with Gasteiger partial charge < -0.3 is 9.30 Å². The van der Waals surface area contributed by atoms with Gasteiger partial charge in [0, 0.05) is 19.0 Å². The van der Waals surface area contributed by atoms with Gasteiger partial charge >= 0.3 is 0 Å². The maximum absolute atomic E-state index is 5.52. The molecule has 1 unspecified atom stereocenters. The Hall–Kier alpha value is -0.760. The monoisotopic (exact) mass is 179 g/mol. The lowest BCUT2D eigenvalue weighted by Gasteiger charge is -2.29. The van der Waals surface area contributed by atoms with E-state index < -0.39 is 0 Å². The van der Waals surface area contributed by atoms with Crippen LogP contribution >= 0.6 is 0 Å². The maximum Gasteiger partial charge on any atom is 0.0702 e. The fourth-order valence-electron chi connectivity index (χ4n) is 2.24. The van der Waals surface area contributed by atoms with E-state index in [1.54, 1.807) is 0 Å². The third-order valence-electron chi connectivity index (χ3n) is 2.95. The van der Waals surface area contributed by atoms with Crippen molar-refractivity contribution in [1.29, 1.82) is 0 Å². The van der Waals surface area contributed by atoms with Gasteiger partial charge in [-0.15, -0.1) is 0 Å². The standard InChI is InChI=1S/C11H17NO/c1-2-5-11(6-9-13-10-11)12-7-3-4-8-12/h3-4,7-8H,2,5-6,9-10H2,1H3. The minimum Gasteiger partial charge on any atom is -0.379 e. The van der Waals surface area contributed by atoms with E-state index in [1.165, 1.54) is 12.8 Å². The average molecular weight is 179 g/mol. The molecule has 2 rings (SSSR count). The Bertz CT molecular complexity index is 247. The summed E-state index contributed by atoms with van der Waals surface area (Å²) >= 11 is 0. The lowest BCUT2D eigenvalue weighted by molar-refractivity contribution is 0.148. The zero-order chi connectivity index (χ0) is 9.15. The molecule has 1 aliphatic rings. The van der Waals surface area contributed by atoms with Crippen molar-refractivity contribution < 1.29 is 4.74 Å². The van der Waals surface area contributed by atoms with Gasteiger partial charge in [-0.3, -0.25) is 0 Å². The topological polar surface area (TPSA) is 14.2 Å². The zero-order valence-electron chi connectivity index (χ0n) is 8.20.